The first kappa shape index (κ1) is 11.9. The van der Waals surface area contributed by atoms with E-state index in [0.29, 0.717) is 23.9 Å². The van der Waals surface area contributed by atoms with Crippen LogP contribution in [0.3, 0.4) is 0 Å². The van der Waals surface area contributed by atoms with E-state index >= 15 is 0 Å². The van der Waals surface area contributed by atoms with Gasteiger partial charge in [0.15, 0.2) is 5.82 Å². The number of anilines is 2. The van der Waals surface area contributed by atoms with Gasteiger partial charge in [-0.1, -0.05) is 11.6 Å². The van der Waals surface area contributed by atoms with E-state index in [1.807, 2.05) is 4.90 Å². The average molecular weight is 256 g/mol. The number of halogens is 1. The van der Waals surface area contributed by atoms with Gasteiger partial charge < -0.3 is 16.4 Å². The lowest BCUT2D eigenvalue weighted by atomic mass is 9.96. The zero-order chi connectivity index (χ0) is 12.4. The minimum atomic E-state index is -0.238. The number of nitrogens with zero attached hydrogens (tertiary/aromatic N) is 3. The second-order valence-electron chi connectivity index (χ2n) is 4.06. The molecule has 1 amide bonds. The minimum Gasteiger partial charge on any atom is -0.369 e. The highest BCUT2D eigenvalue weighted by molar-refractivity contribution is 6.32. The van der Waals surface area contributed by atoms with Crippen molar-refractivity contribution in [2.75, 3.05) is 23.7 Å². The van der Waals surface area contributed by atoms with Crippen LogP contribution >= 0.6 is 11.6 Å². The molecule has 0 spiro atoms. The van der Waals surface area contributed by atoms with Gasteiger partial charge >= 0.3 is 0 Å². The highest BCUT2D eigenvalue weighted by Gasteiger charge is 2.25. The Morgan fingerprint density at radius 1 is 1.47 bits per heavy atom. The van der Waals surface area contributed by atoms with E-state index in [0.717, 1.165) is 12.8 Å². The van der Waals surface area contributed by atoms with Crippen molar-refractivity contribution in [3.8, 4) is 0 Å². The fourth-order valence-corrected chi connectivity index (χ4v) is 2.18. The third-order valence-corrected chi connectivity index (χ3v) is 3.21. The number of piperidine rings is 1. The smallest absolute Gasteiger partial charge is 0.222 e. The third-order valence-electron chi connectivity index (χ3n) is 2.94. The van der Waals surface area contributed by atoms with Gasteiger partial charge in [0.2, 0.25) is 11.9 Å². The zero-order valence-corrected chi connectivity index (χ0v) is 10.0. The topological polar surface area (TPSA) is 98.1 Å². The molecular weight excluding hydrogens is 242 g/mol. The van der Waals surface area contributed by atoms with Crippen LogP contribution in [0.5, 0.6) is 0 Å². The van der Waals surface area contributed by atoms with Crippen molar-refractivity contribution in [2.24, 2.45) is 11.7 Å². The molecular formula is C10H14ClN5O. The molecule has 0 radical (unpaired) electrons. The molecule has 1 saturated heterocycles. The van der Waals surface area contributed by atoms with Gasteiger partial charge in [0.25, 0.3) is 0 Å². The Labute approximate surface area is 104 Å². The lowest BCUT2D eigenvalue weighted by molar-refractivity contribution is -0.122. The SMILES string of the molecule is NC(=O)C1CCN(c2nc(N)ncc2Cl)CC1. The molecule has 0 saturated carbocycles. The normalized spacial score (nSPS) is 17.1. The minimum absolute atomic E-state index is 0.0517. The maximum atomic E-state index is 11.1. The molecule has 0 aromatic carbocycles. The lowest BCUT2D eigenvalue weighted by Crippen LogP contribution is -2.39. The summed E-state index contributed by atoms with van der Waals surface area (Å²) in [5, 5.41) is 0.469. The fraction of sp³-hybridized carbons (Fsp3) is 0.500. The fourth-order valence-electron chi connectivity index (χ4n) is 1.97. The molecule has 2 heterocycles. The molecule has 7 heteroatoms. The van der Waals surface area contributed by atoms with Gasteiger partial charge in [-0.05, 0) is 12.8 Å². The summed E-state index contributed by atoms with van der Waals surface area (Å²) in [6, 6.07) is 0. The molecule has 1 aromatic heterocycles. The zero-order valence-electron chi connectivity index (χ0n) is 9.27. The Morgan fingerprint density at radius 3 is 2.71 bits per heavy atom. The maximum Gasteiger partial charge on any atom is 0.222 e. The average Bonchev–Trinajstić information content (AvgIpc) is 2.32. The summed E-state index contributed by atoms with van der Waals surface area (Å²) >= 11 is 6.01. The standard InChI is InChI=1S/C10H14ClN5O/c11-7-5-14-10(13)15-9(7)16-3-1-6(2-4-16)8(12)17/h5-6H,1-4H2,(H2,12,17)(H2,13,14,15). The molecule has 0 aliphatic carbocycles. The summed E-state index contributed by atoms with van der Waals surface area (Å²) in [7, 11) is 0. The first-order valence-electron chi connectivity index (χ1n) is 5.40. The Morgan fingerprint density at radius 2 is 2.12 bits per heavy atom. The first-order chi connectivity index (χ1) is 8.08. The number of carbonyl (C=O) groups excluding carboxylic acids is 1. The molecule has 0 unspecified atom stereocenters. The summed E-state index contributed by atoms with van der Waals surface area (Å²) in [4.78, 5) is 21.0. The molecule has 92 valence electrons. The van der Waals surface area contributed by atoms with Gasteiger partial charge in [0, 0.05) is 19.0 Å². The van der Waals surface area contributed by atoms with Crippen molar-refractivity contribution in [1.29, 1.82) is 0 Å². The second kappa shape index (κ2) is 4.75. The molecule has 17 heavy (non-hydrogen) atoms. The van der Waals surface area contributed by atoms with Gasteiger partial charge in [-0.2, -0.15) is 4.98 Å². The van der Waals surface area contributed by atoms with Crippen molar-refractivity contribution in [2.45, 2.75) is 12.8 Å². The van der Waals surface area contributed by atoms with Crippen molar-refractivity contribution in [1.82, 2.24) is 9.97 Å². The van der Waals surface area contributed by atoms with Gasteiger partial charge in [-0.15, -0.1) is 0 Å². The summed E-state index contributed by atoms with van der Waals surface area (Å²) in [6.45, 7) is 1.40. The molecule has 0 bridgehead atoms. The molecule has 2 rings (SSSR count). The van der Waals surface area contributed by atoms with Gasteiger partial charge in [-0.25, -0.2) is 4.98 Å². The number of nitrogen functional groups attached to an aromatic ring is 1. The first-order valence-corrected chi connectivity index (χ1v) is 5.78. The highest BCUT2D eigenvalue weighted by Crippen LogP contribution is 2.27. The molecule has 4 N–H and O–H groups in total. The Balaban J connectivity index is 2.10. The number of hydrogen-bond acceptors (Lipinski definition) is 5. The Hall–Kier alpha value is -1.56. The molecule has 1 fully saturated rings. The van der Waals surface area contributed by atoms with Crippen molar-refractivity contribution in [3.05, 3.63) is 11.2 Å². The molecule has 6 nitrogen and oxygen atoms in total. The number of amides is 1. The molecule has 1 aliphatic heterocycles. The van der Waals surface area contributed by atoms with E-state index in [9.17, 15) is 4.79 Å². The quantitative estimate of drug-likeness (QED) is 0.798. The van der Waals surface area contributed by atoms with E-state index in [4.69, 9.17) is 23.1 Å². The predicted octanol–water partition coefficient (Wildman–Crippen LogP) is 0.414. The van der Waals surface area contributed by atoms with E-state index in [2.05, 4.69) is 9.97 Å². The summed E-state index contributed by atoms with van der Waals surface area (Å²) in [5.74, 6) is 0.533. The summed E-state index contributed by atoms with van der Waals surface area (Å²) < 4.78 is 0. The summed E-state index contributed by atoms with van der Waals surface area (Å²) in [5.41, 5.74) is 10.8. The van der Waals surface area contributed by atoms with Crippen LogP contribution in [0.25, 0.3) is 0 Å². The van der Waals surface area contributed by atoms with Crippen molar-refractivity contribution in [3.63, 3.8) is 0 Å². The third kappa shape index (κ3) is 2.58. The lowest BCUT2D eigenvalue weighted by Gasteiger charge is -2.31. The van der Waals surface area contributed by atoms with Crippen LogP contribution in [-0.2, 0) is 4.79 Å². The Kier molecular flexibility index (Phi) is 3.33. The number of hydrogen-bond donors (Lipinski definition) is 2. The number of primary amides is 1. The van der Waals surface area contributed by atoms with E-state index in [1.165, 1.54) is 6.20 Å². The monoisotopic (exact) mass is 255 g/mol. The number of aromatic nitrogens is 2. The number of carbonyl (C=O) groups is 1. The van der Waals surface area contributed by atoms with E-state index in [1.54, 1.807) is 0 Å². The number of nitrogens with two attached hydrogens (primary N) is 2. The van der Waals surface area contributed by atoms with Crippen LogP contribution in [0.15, 0.2) is 6.20 Å². The van der Waals surface area contributed by atoms with Crippen molar-refractivity contribution < 1.29 is 4.79 Å². The van der Waals surface area contributed by atoms with Gasteiger partial charge in [-0.3, -0.25) is 4.79 Å². The maximum absolute atomic E-state index is 11.1. The van der Waals surface area contributed by atoms with E-state index in [-0.39, 0.29) is 17.8 Å². The van der Waals surface area contributed by atoms with Crippen LogP contribution in [0.1, 0.15) is 12.8 Å². The molecule has 0 atom stereocenters. The largest absolute Gasteiger partial charge is 0.369 e. The predicted molar refractivity (Wildman–Crippen MR) is 65.6 cm³/mol. The summed E-state index contributed by atoms with van der Waals surface area (Å²) in [6.07, 6.45) is 2.92. The van der Waals surface area contributed by atoms with Crippen LogP contribution in [-0.4, -0.2) is 29.0 Å². The van der Waals surface area contributed by atoms with Crippen molar-refractivity contribution >= 4 is 29.3 Å². The highest BCUT2D eigenvalue weighted by atomic mass is 35.5. The Bertz CT molecular complexity index is 431. The van der Waals surface area contributed by atoms with Crippen LogP contribution in [0.4, 0.5) is 11.8 Å². The van der Waals surface area contributed by atoms with E-state index < -0.39 is 0 Å². The van der Waals surface area contributed by atoms with Gasteiger partial charge in [0.05, 0.1) is 6.20 Å². The number of rotatable bonds is 2. The van der Waals surface area contributed by atoms with Gasteiger partial charge in [0.1, 0.15) is 5.02 Å². The van der Waals surface area contributed by atoms with Crippen LogP contribution in [0.2, 0.25) is 5.02 Å². The van der Waals surface area contributed by atoms with Crippen LogP contribution in [0, 0.1) is 5.92 Å². The van der Waals surface area contributed by atoms with Crippen LogP contribution < -0.4 is 16.4 Å². The second-order valence-corrected chi connectivity index (χ2v) is 4.47. The molecule has 1 aromatic rings. The molecule has 1 aliphatic rings.